The van der Waals surface area contributed by atoms with Crippen LogP contribution in [0.1, 0.15) is 11.1 Å². The van der Waals surface area contributed by atoms with Crippen LogP contribution in [0.3, 0.4) is 0 Å². The van der Waals surface area contributed by atoms with Gasteiger partial charge in [-0.25, -0.2) is 13.4 Å². The van der Waals surface area contributed by atoms with Crippen LogP contribution < -0.4 is 4.74 Å². The van der Waals surface area contributed by atoms with Crippen LogP contribution >= 0.6 is 0 Å². The number of para-hydroxylation sites is 1. The molecule has 7 heteroatoms. The second-order valence-corrected chi connectivity index (χ2v) is 10.1. The van der Waals surface area contributed by atoms with Crippen LogP contribution in [0.4, 0.5) is 5.69 Å². The van der Waals surface area contributed by atoms with Crippen molar-refractivity contribution in [3.05, 3.63) is 114 Å². The maximum atomic E-state index is 13.1. The minimum atomic E-state index is -3.67. The van der Waals surface area contributed by atoms with Gasteiger partial charge in [-0.15, -0.1) is 0 Å². The quantitative estimate of drug-likeness (QED) is 0.514. The van der Waals surface area contributed by atoms with Crippen LogP contribution in [-0.4, -0.2) is 37.1 Å². The molecular formula is C27H25N3O3S. The standard InChI is InChI=1S/C27H25N3O3S/c1-29-25-11-7-18-30(27(25)28-24-10-5-6-12-26(24)34(29,31)32)19-17-21-13-15-23(16-14-21)33-20-22-8-3-2-4-9-22/h2-16,18H,17,19-20H2,1H3. The predicted octanol–water partition coefficient (Wildman–Crippen LogP) is 4.89. The molecule has 6 nitrogen and oxygen atoms in total. The molecular weight excluding hydrogens is 446 g/mol. The van der Waals surface area contributed by atoms with Crippen molar-refractivity contribution in [3.63, 3.8) is 0 Å². The molecule has 0 fully saturated rings. The number of nitrogens with zero attached hydrogens (tertiary/aromatic N) is 3. The van der Waals surface area contributed by atoms with Crippen LogP contribution in [0.25, 0.3) is 0 Å². The Balaban J connectivity index is 1.30. The van der Waals surface area contributed by atoms with E-state index in [1.165, 1.54) is 4.31 Å². The van der Waals surface area contributed by atoms with Gasteiger partial charge in [0.05, 0.1) is 11.4 Å². The first kappa shape index (κ1) is 22.0. The van der Waals surface area contributed by atoms with Crippen LogP contribution in [-0.2, 0) is 23.1 Å². The van der Waals surface area contributed by atoms with E-state index >= 15 is 0 Å². The van der Waals surface area contributed by atoms with Crippen LogP contribution in [0.2, 0.25) is 0 Å². The fourth-order valence-electron chi connectivity index (χ4n) is 3.98. The molecule has 34 heavy (non-hydrogen) atoms. The van der Waals surface area contributed by atoms with Gasteiger partial charge in [0.25, 0.3) is 10.0 Å². The largest absolute Gasteiger partial charge is 0.489 e. The number of sulfonamides is 1. The highest BCUT2D eigenvalue weighted by Crippen LogP contribution is 2.34. The normalized spacial score (nSPS) is 16.1. The maximum absolute atomic E-state index is 13.1. The number of amidine groups is 1. The Hall–Kier alpha value is -3.84. The molecule has 0 saturated carbocycles. The van der Waals surface area contributed by atoms with Gasteiger partial charge in [0.15, 0.2) is 5.84 Å². The van der Waals surface area contributed by atoms with E-state index in [2.05, 4.69) is 12.1 Å². The van der Waals surface area contributed by atoms with E-state index in [-0.39, 0.29) is 4.90 Å². The van der Waals surface area contributed by atoms with Crippen LogP contribution in [0, 0.1) is 0 Å². The van der Waals surface area contributed by atoms with E-state index in [1.807, 2.05) is 59.6 Å². The Kier molecular flexibility index (Phi) is 5.94. The minimum Gasteiger partial charge on any atom is -0.489 e. The van der Waals surface area contributed by atoms with Gasteiger partial charge in [0.1, 0.15) is 17.3 Å². The van der Waals surface area contributed by atoms with Crippen molar-refractivity contribution in [2.45, 2.75) is 17.9 Å². The van der Waals surface area contributed by atoms with Crippen molar-refractivity contribution in [2.24, 2.45) is 4.99 Å². The average molecular weight is 472 g/mol. The summed E-state index contributed by atoms with van der Waals surface area (Å²) in [6.45, 7) is 1.19. The van der Waals surface area contributed by atoms with Gasteiger partial charge in [-0.05, 0) is 54.0 Å². The van der Waals surface area contributed by atoms with Crippen molar-refractivity contribution in [1.29, 1.82) is 0 Å². The summed E-state index contributed by atoms with van der Waals surface area (Å²) >= 11 is 0. The van der Waals surface area contributed by atoms with Gasteiger partial charge in [-0.3, -0.25) is 4.31 Å². The van der Waals surface area contributed by atoms with E-state index < -0.39 is 10.0 Å². The summed E-state index contributed by atoms with van der Waals surface area (Å²) in [5, 5.41) is 0. The summed E-state index contributed by atoms with van der Waals surface area (Å²) in [7, 11) is -2.10. The molecule has 0 unspecified atom stereocenters. The number of hydrogen-bond donors (Lipinski definition) is 0. The SMILES string of the molecule is CN1C2=CC=CN(CCc3ccc(OCc4ccccc4)cc3)C2=Nc2ccccc2S1(=O)=O. The number of hydrogen-bond acceptors (Lipinski definition) is 5. The molecule has 2 aliphatic heterocycles. The van der Waals surface area contributed by atoms with Crippen molar-refractivity contribution >= 4 is 21.5 Å². The molecule has 0 spiro atoms. The second-order valence-electron chi connectivity index (χ2n) is 8.13. The fourth-order valence-corrected chi connectivity index (χ4v) is 5.30. The number of aliphatic imine (C=N–C) groups is 1. The summed E-state index contributed by atoms with van der Waals surface area (Å²) in [5.74, 6) is 1.45. The molecule has 0 saturated heterocycles. The monoisotopic (exact) mass is 471 g/mol. The lowest BCUT2D eigenvalue weighted by atomic mass is 10.1. The highest BCUT2D eigenvalue weighted by molar-refractivity contribution is 7.89. The number of likely N-dealkylation sites (N-methyl/N-ethyl adjacent to an activating group) is 1. The van der Waals surface area contributed by atoms with Crippen molar-refractivity contribution < 1.29 is 13.2 Å². The lowest BCUT2D eigenvalue weighted by Gasteiger charge is -2.29. The van der Waals surface area contributed by atoms with E-state index in [0.29, 0.717) is 30.4 Å². The lowest BCUT2D eigenvalue weighted by molar-refractivity contribution is 0.306. The maximum Gasteiger partial charge on any atom is 0.266 e. The Morgan fingerprint density at radius 3 is 2.41 bits per heavy atom. The predicted molar refractivity (Wildman–Crippen MR) is 133 cm³/mol. The van der Waals surface area contributed by atoms with Crippen LogP contribution in [0.15, 0.2) is 113 Å². The summed E-state index contributed by atoms with van der Waals surface area (Å²) in [6.07, 6.45) is 6.36. The topological polar surface area (TPSA) is 62.2 Å². The Morgan fingerprint density at radius 1 is 0.882 bits per heavy atom. The Bertz CT molecular complexity index is 1380. The van der Waals surface area contributed by atoms with Crippen molar-refractivity contribution in [3.8, 4) is 5.75 Å². The number of rotatable bonds is 6. The Morgan fingerprint density at radius 2 is 1.62 bits per heavy atom. The zero-order chi connectivity index (χ0) is 23.5. The van der Waals surface area contributed by atoms with Gasteiger partial charge >= 0.3 is 0 Å². The fraction of sp³-hybridized carbons (Fsp3) is 0.148. The van der Waals surface area contributed by atoms with Crippen LogP contribution in [0.5, 0.6) is 5.75 Å². The first-order valence-electron chi connectivity index (χ1n) is 11.1. The number of fused-ring (bicyclic) bond motifs is 2. The molecule has 0 aliphatic carbocycles. The molecule has 0 atom stereocenters. The van der Waals surface area contributed by atoms with E-state index in [4.69, 9.17) is 9.73 Å². The molecule has 2 aliphatic rings. The first-order valence-corrected chi connectivity index (χ1v) is 12.5. The van der Waals surface area contributed by atoms with E-state index in [0.717, 1.165) is 23.3 Å². The molecule has 0 N–H and O–H groups in total. The highest BCUT2D eigenvalue weighted by Gasteiger charge is 2.33. The third kappa shape index (κ3) is 4.34. The molecule has 3 aromatic carbocycles. The summed E-state index contributed by atoms with van der Waals surface area (Å²) in [5.41, 5.74) is 3.30. The third-order valence-corrected chi connectivity index (χ3v) is 7.72. The highest BCUT2D eigenvalue weighted by atomic mass is 32.2. The number of ether oxygens (including phenoxy) is 1. The molecule has 3 aromatic rings. The molecule has 0 aromatic heterocycles. The zero-order valence-corrected chi connectivity index (χ0v) is 19.7. The average Bonchev–Trinajstić information content (AvgIpc) is 2.95. The van der Waals surface area contributed by atoms with Gasteiger partial charge < -0.3 is 9.64 Å². The van der Waals surface area contributed by atoms with E-state index in [1.54, 1.807) is 37.4 Å². The molecule has 0 bridgehead atoms. The number of allylic oxidation sites excluding steroid dienone is 2. The van der Waals surface area contributed by atoms with Gasteiger partial charge in [-0.2, -0.15) is 0 Å². The summed E-state index contributed by atoms with van der Waals surface area (Å²) in [4.78, 5) is 6.97. The summed E-state index contributed by atoms with van der Waals surface area (Å²) < 4.78 is 33.4. The minimum absolute atomic E-state index is 0.214. The smallest absolute Gasteiger partial charge is 0.266 e. The summed E-state index contributed by atoms with van der Waals surface area (Å²) in [6, 6.07) is 25.0. The first-order chi connectivity index (χ1) is 16.5. The third-order valence-electron chi connectivity index (χ3n) is 5.90. The molecule has 5 rings (SSSR count). The zero-order valence-electron chi connectivity index (χ0n) is 18.8. The Labute approximate surface area is 200 Å². The van der Waals surface area contributed by atoms with Gasteiger partial charge in [0, 0.05) is 19.8 Å². The van der Waals surface area contributed by atoms with Gasteiger partial charge in [-0.1, -0.05) is 54.6 Å². The van der Waals surface area contributed by atoms with Crippen molar-refractivity contribution in [1.82, 2.24) is 9.21 Å². The molecule has 172 valence electrons. The molecule has 2 heterocycles. The lowest BCUT2D eigenvalue weighted by Crippen LogP contribution is -2.38. The number of benzene rings is 3. The van der Waals surface area contributed by atoms with Gasteiger partial charge in [0.2, 0.25) is 0 Å². The van der Waals surface area contributed by atoms with Crippen molar-refractivity contribution in [2.75, 3.05) is 13.6 Å². The second kappa shape index (κ2) is 9.19. The molecule has 0 amide bonds. The molecule has 0 radical (unpaired) electrons. The van der Waals surface area contributed by atoms with E-state index in [9.17, 15) is 8.42 Å².